The summed E-state index contributed by atoms with van der Waals surface area (Å²) in [6.45, 7) is 0. The van der Waals surface area contributed by atoms with Gasteiger partial charge in [-0.15, -0.1) is 0 Å². The fourth-order valence-electron chi connectivity index (χ4n) is 1.98. The summed E-state index contributed by atoms with van der Waals surface area (Å²) in [5.41, 5.74) is 0.598. The molecule has 1 heterocycles. The highest BCUT2D eigenvalue weighted by molar-refractivity contribution is 6.02. The van der Waals surface area contributed by atoms with Gasteiger partial charge in [0, 0.05) is 12.1 Å². The van der Waals surface area contributed by atoms with E-state index >= 15 is 0 Å². The van der Waals surface area contributed by atoms with Gasteiger partial charge in [0.15, 0.2) is 0 Å². The second-order valence-electron chi connectivity index (χ2n) is 3.85. The van der Waals surface area contributed by atoms with Gasteiger partial charge in [0.2, 0.25) is 5.91 Å². The van der Waals surface area contributed by atoms with Crippen molar-refractivity contribution in [3.05, 3.63) is 24.3 Å². The van der Waals surface area contributed by atoms with Gasteiger partial charge in [0.05, 0.1) is 7.11 Å². The first-order valence-corrected chi connectivity index (χ1v) is 5.32. The van der Waals surface area contributed by atoms with E-state index in [0.29, 0.717) is 17.9 Å². The lowest BCUT2D eigenvalue weighted by Gasteiger charge is -2.21. The average Bonchev–Trinajstić information content (AvgIpc) is 2.71. The lowest BCUT2D eigenvalue weighted by molar-refractivity contribution is -0.138. The fourth-order valence-corrected chi connectivity index (χ4v) is 1.98. The molecule has 90 valence electrons. The molecule has 1 unspecified atom stereocenters. The zero-order chi connectivity index (χ0) is 12.4. The van der Waals surface area contributed by atoms with Crippen molar-refractivity contribution in [3.8, 4) is 5.75 Å². The number of nitrogens with zero attached hydrogens (tertiary/aromatic N) is 1. The molecular formula is C12H13NO4. The second-order valence-corrected chi connectivity index (χ2v) is 3.85. The predicted molar refractivity (Wildman–Crippen MR) is 61.1 cm³/mol. The Labute approximate surface area is 98.6 Å². The first-order chi connectivity index (χ1) is 8.13. The number of methoxy groups -OCH3 is 1. The zero-order valence-electron chi connectivity index (χ0n) is 9.42. The van der Waals surface area contributed by atoms with E-state index in [1.807, 2.05) is 0 Å². The minimum atomic E-state index is -0.966. The summed E-state index contributed by atoms with van der Waals surface area (Å²) in [7, 11) is 1.55. The smallest absolute Gasteiger partial charge is 0.326 e. The van der Waals surface area contributed by atoms with Crippen molar-refractivity contribution in [1.29, 1.82) is 0 Å². The average molecular weight is 235 g/mol. The third-order valence-electron chi connectivity index (χ3n) is 2.85. The zero-order valence-corrected chi connectivity index (χ0v) is 9.42. The first-order valence-electron chi connectivity index (χ1n) is 5.32. The number of anilines is 1. The number of carbonyl (C=O) groups is 2. The maximum Gasteiger partial charge on any atom is 0.326 e. The van der Waals surface area contributed by atoms with Crippen LogP contribution in [0.1, 0.15) is 12.8 Å². The fraction of sp³-hybridized carbons (Fsp3) is 0.333. The number of carboxylic acid groups (broad SMARTS) is 1. The number of carbonyl (C=O) groups excluding carboxylic acids is 1. The minimum Gasteiger partial charge on any atom is -0.497 e. The van der Waals surface area contributed by atoms with Crippen molar-refractivity contribution in [3.63, 3.8) is 0 Å². The molecule has 1 aromatic carbocycles. The van der Waals surface area contributed by atoms with Crippen LogP contribution in [-0.4, -0.2) is 30.1 Å². The summed E-state index contributed by atoms with van der Waals surface area (Å²) in [5.74, 6) is -0.443. The van der Waals surface area contributed by atoms with Crippen LogP contribution in [0.3, 0.4) is 0 Å². The Kier molecular flexibility index (Phi) is 2.99. The Hall–Kier alpha value is -2.04. The lowest BCUT2D eigenvalue weighted by Crippen LogP contribution is -2.38. The van der Waals surface area contributed by atoms with Crippen LogP contribution in [0.5, 0.6) is 5.75 Å². The molecule has 5 nitrogen and oxygen atoms in total. The van der Waals surface area contributed by atoms with Gasteiger partial charge in [-0.3, -0.25) is 9.69 Å². The van der Waals surface area contributed by atoms with Crippen molar-refractivity contribution in [2.75, 3.05) is 12.0 Å². The van der Waals surface area contributed by atoms with Crippen LogP contribution in [-0.2, 0) is 9.59 Å². The molecule has 0 radical (unpaired) electrons. The maximum atomic E-state index is 11.7. The van der Waals surface area contributed by atoms with Crippen molar-refractivity contribution in [1.82, 2.24) is 0 Å². The molecule has 1 aliphatic rings. The number of hydrogen-bond acceptors (Lipinski definition) is 3. The van der Waals surface area contributed by atoms with E-state index in [9.17, 15) is 9.59 Å². The van der Waals surface area contributed by atoms with E-state index in [0.717, 1.165) is 0 Å². The molecule has 1 atom stereocenters. The van der Waals surface area contributed by atoms with E-state index < -0.39 is 12.0 Å². The molecule has 0 bridgehead atoms. The SMILES string of the molecule is COc1ccc(N2C(=O)CCC2C(=O)O)cc1. The summed E-state index contributed by atoms with van der Waals surface area (Å²) in [4.78, 5) is 24.0. The third kappa shape index (κ3) is 2.08. The molecule has 1 amide bonds. The normalized spacial score (nSPS) is 19.5. The number of amides is 1. The van der Waals surface area contributed by atoms with Gasteiger partial charge in [-0.25, -0.2) is 4.79 Å². The lowest BCUT2D eigenvalue weighted by atomic mass is 10.2. The third-order valence-corrected chi connectivity index (χ3v) is 2.85. The van der Waals surface area contributed by atoms with Crippen molar-refractivity contribution in [2.24, 2.45) is 0 Å². The summed E-state index contributed by atoms with van der Waals surface area (Å²) < 4.78 is 5.01. The molecule has 0 aliphatic carbocycles. The largest absolute Gasteiger partial charge is 0.497 e. The number of carboxylic acids is 1. The van der Waals surface area contributed by atoms with E-state index in [-0.39, 0.29) is 12.3 Å². The summed E-state index contributed by atoms with van der Waals surface area (Å²) >= 11 is 0. The Morgan fingerprint density at radius 1 is 1.41 bits per heavy atom. The van der Waals surface area contributed by atoms with Crippen molar-refractivity contribution < 1.29 is 19.4 Å². The van der Waals surface area contributed by atoms with Crippen LogP contribution in [0.15, 0.2) is 24.3 Å². The molecule has 1 aliphatic heterocycles. The minimum absolute atomic E-state index is 0.150. The molecule has 1 N–H and O–H groups in total. The molecule has 0 spiro atoms. The van der Waals surface area contributed by atoms with Gasteiger partial charge in [0.1, 0.15) is 11.8 Å². The Bertz CT molecular complexity index is 440. The predicted octanol–water partition coefficient (Wildman–Crippen LogP) is 1.28. The van der Waals surface area contributed by atoms with Gasteiger partial charge in [-0.05, 0) is 30.7 Å². The van der Waals surface area contributed by atoms with Gasteiger partial charge in [0.25, 0.3) is 0 Å². The molecule has 2 rings (SSSR count). The highest BCUT2D eigenvalue weighted by Gasteiger charge is 2.36. The summed E-state index contributed by atoms with van der Waals surface area (Å²) in [6.07, 6.45) is 0.642. The summed E-state index contributed by atoms with van der Waals surface area (Å²) in [5, 5.41) is 9.04. The van der Waals surface area contributed by atoms with E-state index in [4.69, 9.17) is 9.84 Å². The molecule has 17 heavy (non-hydrogen) atoms. The van der Waals surface area contributed by atoms with Crippen molar-refractivity contribution >= 4 is 17.6 Å². The van der Waals surface area contributed by atoms with E-state index in [1.54, 1.807) is 31.4 Å². The Morgan fingerprint density at radius 2 is 2.06 bits per heavy atom. The van der Waals surface area contributed by atoms with E-state index in [1.165, 1.54) is 4.90 Å². The highest BCUT2D eigenvalue weighted by Crippen LogP contribution is 2.28. The number of hydrogen-bond donors (Lipinski definition) is 1. The van der Waals surface area contributed by atoms with Crippen LogP contribution in [0.2, 0.25) is 0 Å². The number of aliphatic carboxylic acids is 1. The standard InChI is InChI=1S/C12H13NO4/c1-17-9-4-2-8(3-5-9)13-10(12(15)16)6-7-11(13)14/h2-5,10H,6-7H2,1H3,(H,15,16). The van der Waals surface area contributed by atoms with Gasteiger partial charge in [-0.1, -0.05) is 0 Å². The molecule has 5 heteroatoms. The summed E-state index contributed by atoms with van der Waals surface area (Å²) in [6, 6.07) is 6.05. The number of ether oxygens (including phenoxy) is 1. The molecular weight excluding hydrogens is 222 g/mol. The maximum absolute atomic E-state index is 11.7. The van der Waals surface area contributed by atoms with Crippen LogP contribution in [0.25, 0.3) is 0 Å². The molecule has 1 aromatic rings. The van der Waals surface area contributed by atoms with Crippen LogP contribution >= 0.6 is 0 Å². The molecule has 1 fully saturated rings. The number of rotatable bonds is 3. The molecule has 0 aromatic heterocycles. The highest BCUT2D eigenvalue weighted by atomic mass is 16.5. The number of benzene rings is 1. The quantitative estimate of drug-likeness (QED) is 0.856. The monoisotopic (exact) mass is 235 g/mol. The van der Waals surface area contributed by atoms with Crippen LogP contribution in [0, 0.1) is 0 Å². The van der Waals surface area contributed by atoms with Crippen LogP contribution in [0.4, 0.5) is 5.69 Å². The Balaban J connectivity index is 2.29. The van der Waals surface area contributed by atoms with Crippen molar-refractivity contribution in [2.45, 2.75) is 18.9 Å². The topological polar surface area (TPSA) is 66.8 Å². The van der Waals surface area contributed by atoms with Gasteiger partial charge >= 0.3 is 5.97 Å². The molecule has 0 saturated carbocycles. The van der Waals surface area contributed by atoms with Crippen LogP contribution < -0.4 is 9.64 Å². The second kappa shape index (κ2) is 4.45. The van der Waals surface area contributed by atoms with Gasteiger partial charge < -0.3 is 9.84 Å². The first kappa shape index (κ1) is 11.4. The molecule has 1 saturated heterocycles. The Morgan fingerprint density at radius 3 is 2.59 bits per heavy atom. The van der Waals surface area contributed by atoms with Gasteiger partial charge in [-0.2, -0.15) is 0 Å². The van der Waals surface area contributed by atoms with E-state index in [2.05, 4.69) is 0 Å².